The second kappa shape index (κ2) is 9.32. The molecule has 1 aliphatic rings. The molecule has 7 nitrogen and oxygen atoms in total. The molecule has 1 atom stereocenters. The van der Waals surface area contributed by atoms with Gasteiger partial charge in [0.25, 0.3) is 5.91 Å². The summed E-state index contributed by atoms with van der Waals surface area (Å²) in [6.07, 6.45) is 4.97. The number of nitrogens with one attached hydrogen (secondary N) is 1. The van der Waals surface area contributed by atoms with E-state index < -0.39 is 0 Å². The van der Waals surface area contributed by atoms with Crippen LogP contribution in [0.4, 0.5) is 5.69 Å². The highest BCUT2D eigenvalue weighted by molar-refractivity contribution is 6.30. The Labute approximate surface area is 185 Å². The number of aromatic nitrogens is 2. The van der Waals surface area contributed by atoms with E-state index in [1.165, 1.54) is 6.20 Å². The second-order valence-electron chi connectivity index (χ2n) is 7.74. The van der Waals surface area contributed by atoms with Crippen LogP contribution in [0.2, 0.25) is 5.02 Å². The molecule has 160 valence electrons. The number of halogens is 1. The van der Waals surface area contributed by atoms with Crippen molar-refractivity contribution in [3.63, 3.8) is 0 Å². The number of primary amides is 1. The van der Waals surface area contributed by atoms with E-state index in [4.69, 9.17) is 17.3 Å². The van der Waals surface area contributed by atoms with Gasteiger partial charge in [0.05, 0.1) is 23.4 Å². The van der Waals surface area contributed by atoms with Gasteiger partial charge in [0.15, 0.2) is 0 Å². The van der Waals surface area contributed by atoms with Crippen molar-refractivity contribution in [1.29, 1.82) is 0 Å². The third-order valence-corrected chi connectivity index (χ3v) is 5.72. The lowest BCUT2D eigenvalue weighted by atomic mass is 9.97. The highest BCUT2D eigenvalue weighted by Gasteiger charge is 2.24. The maximum Gasteiger partial charge on any atom is 0.258 e. The molecule has 0 bridgehead atoms. The minimum absolute atomic E-state index is 0.118. The third-order valence-electron chi connectivity index (χ3n) is 5.48. The maximum absolute atomic E-state index is 12.8. The number of carbonyl (C=O) groups is 2. The number of amides is 2. The van der Waals surface area contributed by atoms with Crippen LogP contribution >= 0.6 is 11.6 Å². The average molecular weight is 438 g/mol. The number of anilines is 1. The molecule has 1 fully saturated rings. The number of likely N-dealkylation sites (tertiary alicyclic amines) is 1. The fourth-order valence-electron chi connectivity index (χ4n) is 3.85. The highest BCUT2D eigenvalue weighted by Crippen LogP contribution is 2.23. The number of nitrogens with zero attached hydrogens (tertiary/aromatic N) is 3. The summed E-state index contributed by atoms with van der Waals surface area (Å²) in [6, 6.07) is 15.0. The molecule has 31 heavy (non-hydrogen) atoms. The van der Waals surface area contributed by atoms with Gasteiger partial charge in [0.2, 0.25) is 5.91 Å². The van der Waals surface area contributed by atoms with Gasteiger partial charge in [-0.25, -0.2) is 4.68 Å². The standard InChI is InChI=1S/C23H24ClN5O2/c24-19-7-3-8-20(11-19)29-15-18(12-26-29)23(31)27-21-9-2-1-5-16(21)13-28-10-4-6-17(14-28)22(25)30/h1-3,5,7-9,11-12,15,17H,4,6,10,13-14H2,(H2,25,30)(H,27,31). The monoisotopic (exact) mass is 437 g/mol. The number of rotatable bonds is 6. The Morgan fingerprint density at radius 2 is 2.03 bits per heavy atom. The molecule has 1 saturated heterocycles. The predicted octanol–water partition coefficient (Wildman–Crippen LogP) is 3.48. The summed E-state index contributed by atoms with van der Waals surface area (Å²) in [6.45, 7) is 2.19. The van der Waals surface area contributed by atoms with E-state index in [9.17, 15) is 9.59 Å². The van der Waals surface area contributed by atoms with Crippen molar-refractivity contribution < 1.29 is 9.59 Å². The Morgan fingerprint density at radius 3 is 2.84 bits per heavy atom. The van der Waals surface area contributed by atoms with E-state index in [0.29, 0.717) is 23.7 Å². The van der Waals surface area contributed by atoms with Gasteiger partial charge in [-0.3, -0.25) is 14.5 Å². The van der Waals surface area contributed by atoms with Crippen molar-refractivity contribution >= 4 is 29.1 Å². The molecule has 3 N–H and O–H groups in total. The van der Waals surface area contributed by atoms with Crippen molar-refractivity contribution in [3.05, 3.63) is 77.1 Å². The number of nitrogens with two attached hydrogens (primary N) is 1. The zero-order chi connectivity index (χ0) is 21.8. The minimum atomic E-state index is -0.247. The molecule has 2 amide bonds. The van der Waals surface area contributed by atoms with Crippen LogP contribution in [0.3, 0.4) is 0 Å². The van der Waals surface area contributed by atoms with Gasteiger partial charge in [-0.1, -0.05) is 35.9 Å². The Balaban J connectivity index is 1.46. The molecular formula is C23H24ClN5O2. The molecule has 8 heteroatoms. The number of benzene rings is 2. The van der Waals surface area contributed by atoms with Crippen LogP contribution in [-0.4, -0.2) is 39.6 Å². The van der Waals surface area contributed by atoms with Crippen LogP contribution in [0.5, 0.6) is 0 Å². The SMILES string of the molecule is NC(=O)C1CCCN(Cc2ccccc2NC(=O)c2cnn(-c3cccc(Cl)c3)c2)C1. The van der Waals surface area contributed by atoms with Crippen molar-refractivity contribution in [2.24, 2.45) is 11.7 Å². The summed E-state index contributed by atoms with van der Waals surface area (Å²) < 4.78 is 1.62. The predicted molar refractivity (Wildman–Crippen MR) is 120 cm³/mol. The van der Waals surface area contributed by atoms with Gasteiger partial charge in [-0.2, -0.15) is 5.10 Å². The summed E-state index contributed by atoms with van der Waals surface area (Å²) in [4.78, 5) is 26.6. The van der Waals surface area contributed by atoms with E-state index >= 15 is 0 Å². The van der Waals surface area contributed by atoms with Crippen molar-refractivity contribution in [2.75, 3.05) is 18.4 Å². The van der Waals surface area contributed by atoms with Crippen LogP contribution in [0.1, 0.15) is 28.8 Å². The normalized spacial score (nSPS) is 16.7. The Bertz CT molecular complexity index is 1100. The molecule has 3 aromatic rings. The van der Waals surface area contributed by atoms with E-state index in [2.05, 4.69) is 15.3 Å². The van der Waals surface area contributed by atoms with Gasteiger partial charge in [-0.05, 0) is 49.2 Å². The number of hydrogen-bond donors (Lipinski definition) is 2. The zero-order valence-corrected chi connectivity index (χ0v) is 17.8. The molecule has 0 saturated carbocycles. The molecule has 2 heterocycles. The van der Waals surface area contributed by atoms with Crippen molar-refractivity contribution in [3.8, 4) is 5.69 Å². The van der Waals surface area contributed by atoms with E-state index in [-0.39, 0.29) is 17.7 Å². The van der Waals surface area contributed by atoms with Crippen LogP contribution in [0.25, 0.3) is 5.69 Å². The Morgan fingerprint density at radius 1 is 1.19 bits per heavy atom. The molecule has 1 unspecified atom stereocenters. The number of hydrogen-bond acceptors (Lipinski definition) is 4. The van der Waals surface area contributed by atoms with Crippen molar-refractivity contribution in [1.82, 2.24) is 14.7 Å². The fourth-order valence-corrected chi connectivity index (χ4v) is 4.03. The first-order valence-corrected chi connectivity index (χ1v) is 10.6. The lowest BCUT2D eigenvalue weighted by molar-refractivity contribution is -0.123. The van der Waals surface area contributed by atoms with E-state index in [1.807, 2.05) is 36.4 Å². The third kappa shape index (κ3) is 5.13. The fraction of sp³-hybridized carbons (Fsp3) is 0.261. The molecule has 4 rings (SSSR count). The molecule has 0 spiro atoms. The van der Waals surface area contributed by atoms with Crippen LogP contribution in [0.15, 0.2) is 60.9 Å². The number of piperidine rings is 1. The second-order valence-corrected chi connectivity index (χ2v) is 8.18. The summed E-state index contributed by atoms with van der Waals surface area (Å²) in [7, 11) is 0. The average Bonchev–Trinajstić information content (AvgIpc) is 3.26. The Hall–Kier alpha value is -3.16. The smallest absolute Gasteiger partial charge is 0.258 e. The zero-order valence-electron chi connectivity index (χ0n) is 17.0. The van der Waals surface area contributed by atoms with E-state index in [1.54, 1.807) is 23.0 Å². The van der Waals surface area contributed by atoms with Gasteiger partial charge < -0.3 is 11.1 Å². The largest absolute Gasteiger partial charge is 0.369 e. The number of para-hydroxylation sites is 1. The van der Waals surface area contributed by atoms with Crippen LogP contribution in [0, 0.1) is 5.92 Å². The van der Waals surface area contributed by atoms with Gasteiger partial charge in [0, 0.05) is 30.0 Å². The maximum atomic E-state index is 12.8. The molecule has 0 aliphatic carbocycles. The number of carbonyl (C=O) groups excluding carboxylic acids is 2. The summed E-state index contributed by atoms with van der Waals surface area (Å²) >= 11 is 6.05. The first-order chi connectivity index (χ1) is 15.0. The van der Waals surface area contributed by atoms with Crippen LogP contribution in [-0.2, 0) is 11.3 Å². The first-order valence-electron chi connectivity index (χ1n) is 10.2. The van der Waals surface area contributed by atoms with Crippen molar-refractivity contribution in [2.45, 2.75) is 19.4 Å². The minimum Gasteiger partial charge on any atom is -0.369 e. The lowest BCUT2D eigenvalue weighted by Gasteiger charge is -2.31. The van der Waals surface area contributed by atoms with Gasteiger partial charge in [-0.15, -0.1) is 0 Å². The molecule has 1 aliphatic heterocycles. The summed E-state index contributed by atoms with van der Waals surface area (Å²) in [5.41, 5.74) is 8.45. The summed E-state index contributed by atoms with van der Waals surface area (Å²) in [5.74, 6) is -0.606. The van der Waals surface area contributed by atoms with E-state index in [0.717, 1.165) is 36.3 Å². The molecular weight excluding hydrogens is 414 g/mol. The van der Waals surface area contributed by atoms with Crippen LogP contribution < -0.4 is 11.1 Å². The summed E-state index contributed by atoms with van der Waals surface area (Å²) in [5, 5.41) is 7.87. The Kier molecular flexibility index (Phi) is 6.34. The topological polar surface area (TPSA) is 93.2 Å². The molecule has 0 radical (unpaired) electrons. The molecule has 1 aromatic heterocycles. The molecule has 2 aromatic carbocycles. The lowest BCUT2D eigenvalue weighted by Crippen LogP contribution is -2.40. The van der Waals surface area contributed by atoms with Gasteiger partial charge >= 0.3 is 0 Å². The first kappa shape index (κ1) is 21.1. The highest BCUT2D eigenvalue weighted by atomic mass is 35.5. The quantitative estimate of drug-likeness (QED) is 0.617. The van der Waals surface area contributed by atoms with Gasteiger partial charge in [0.1, 0.15) is 0 Å².